The van der Waals surface area contributed by atoms with E-state index in [4.69, 9.17) is 14.6 Å². The smallest absolute Gasteiger partial charge is 0.428 e. The maximum atomic E-state index is 11.5. The van der Waals surface area contributed by atoms with Gasteiger partial charge in [0.1, 0.15) is 11.4 Å². The predicted molar refractivity (Wildman–Crippen MR) is 64.0 cm³/mol. The Morgan fingerprint density at radius 1 is 1.35 bits per heavy atom. The number of hydrogen-bond acceptors (Lipinski definition) is 4. The molecule has 1 rings (SSSR count). The van der Waals surface area contributed by atoms with Gasteiger partial charge in [-0.2, -0.15) is 0 Å². The molecule has 0 spiro atoms. The molecule has 17 heavy (non-hydrogen) atoms. The number of carbonyl (C=O) groups excluding carboxylic acids is 1. The number of carbonyl (C=O) groups is 1. The van der Waals surface area contributed by atoms with E-state index in [1.165, 1.54) is 0 Å². The van der Waals surface area contributed by atoms with Crippen LogP contribution in [0.1, 0.15) is 31.9 Å². The average Bonchev–Trinajstić information content (AvgIpc) is 2.14. The normalized spacial score (nSPS) is 11.1. The third-order valence-corrected chi connectivity index (χ3v) is 1.98. The molecule has 0 heterocycles. The molecule has 0 amide bonds. The third kappa shape index (κ3) is 4.44. The van der Waals surface area contributed by atoms with Gasteiger partial charge in [0.15, 0.2) is 0 Å². The van der Waals surface area contributed by atoms with Crippen LogP contribution in [0.25, 0.3) is 0 Å². The van der Waals surface area contributed by atoms with Crippen molar-refractivity contribution in [3.8, 4) is 5.75 Å². The second-order valence-corrected chi connectivity index (χ2v) is 4.84. The fourth-order valence-electron chi connectivity index (χ4n) is 1.25. The number of aryl methyl sites for hydroxylation is 1. The second-order valence-electron chi connectivity index (χ2n) is 4.84. The number of ether oxygens (including phenoxy) is 2. The molecular formula is C13H18O4. The van der Waals surface area contributed by atoms with Gasteiger partial charge in [-0.1, -0.05) is 12.1 Å². The first-order valence-electron chi connectivity index (χ1n) is 5.43. The van der Waals surface area contributed by atoms with Crippen molar-refractivity contribution < 1.29 is 19.4 Å². The summed E-state index contributed by atoms with van der Waals surface area (Å²) in [5.41, 5.74) is 0.905. The molecule has 0 radical (unpaired) electrons. The van der Waals surface area contributed by atoms with E-state index in [0.717, 1.165) is 5.56 Å². The number of aliphatic hydroxyl groups is 1. The van der Waals surface area contributed by atoms with Crippen molar-refractivity contribution >= 4 is 6.16 Å². The van der Waals surface area contributed by atoms with E-state index >= 15 is 0 Å². The monoisotopic (exact) mass is 238 g/mol. The Hall–Kier alpha value is -1.55. The molecule has 0 unspecified atom stereocenters. The molecule has 0 bridgehead atoms. The van der Waals surface area contributed by atoms with Gasteiger partial charge in [0.05, 0.1) is 6.61 Å². The molecule has 0 saturated carbocycles. The number of aliphatic hydroxyl groups excluding tert-OH is 1. The number of hydrogen-bond donors (Lipinski definition) is 1. The quantitative estimate of drug-likeness (QED) is 0.635. The van der Waals surface area contributed by atoms with Crippen molar-refractivity contribution in [2.24, 2.45) is 0 Å². The Balaban J connectivity index is 2.80. The molecule has 0 fully saturated rings. The lowest BCUT2D eigenvalue weighted by atomic mass is 10.1. The largest absolute Gasteiger partial charge is 0.514 e. The molecule has 0 aliphatic rings. The third-order valence-electron chi connectivity index (χ3n) is 1.98. The zero-order valence-corrected chi connectivity index (χ0v) is 10.6. The summed E-state index contributed by atoms with van der Waals surface area (Å²) >= 11 is 0. The first-order valence-corrected chi connectivity index (χ1v) is 5.43. The van der Waals surface area contributed by atoms with Crippen LogP contribution in [0, 0.1) is 6.92 Å². The van der Waals surface area contributed by atoms with E-state index in [-0.39, 0.29) is 6.61 Å². The molecule has 0 atom stereocenters. The van der Waals surface area contributed by atoms with E-state index in [1.54, 1.807) is 32.9 Å². The molecule has 4 nitrogen and oxygen atoms in total. The highest BCUT2D eigenvalue weighted by Crippen LogP contribution is 2.21. The van der Waals surface area contributed by atoms with Gasteiger partial charge in [-0.15, -0.1) is 0 Å². The summed E-state index contributed by atoms with van der Waals surface area (Å²) in [7, 11) is 0. The van der Waals surface area contributed by atoms with E-state index in [1.807, 2.05) is 13.0 Å². The first-order chi connectivity index (χ1) is 7.81. The summed E-state index contributed by atoms with van der Waals surface area (Å²) < 4.78 is 10.1. The fourth-order valence-corrected chi connectivity index (χ4v) is 1.25. The van der Waals surface area contributed by atoms with Gasteiger partial charge in [-0.25, -0.2) is 4.79 Å². The van der Waals surface area contributed by atoms with Gasteiger partial charge >= 0.3 is 6.16 Å². The summed E-state index contributed by atoms with van der Waals surface area (Å²) in [6.07, 6.45) is -0.766. The zero-order valence-electron chi connectivity index (χ0n) is 10.6. The molecule has 4 heteroatoms. The summed E-state index contributed by atoms with van der Waals surface area (Å²) in [6.45, 7) is 6.98. The van der Waals surface area contributed by atoms with Crippen LogP contribution in [0.15, 0.2) is 18.2 Å². The van der Waals surface area contributed by atoms with Crippen molar-refractivity contribution in [2.45, 2.75) is 39.9 Å². The Bertz CT molecular complexity index is 404. The minimum absolute atomic E-state index is 0.182. The van der Waals surface area contributed by atoms with Gasteiger partial charge < -0.3 is 14.6 Å². The minimum atomic E-state index is -0.766. The van der Waals surface area contributed by atoms with E-state index in [9.17, 15) is 4.79 Å². The van der Waals surface area contributed by atoms with Gasteiger partial charge in [0.2, 0.25) is 0 Å². The zero-order chi connectivity index (χ0) is 13.1. The topological polar surface area (TPSA) is 55.8 Å². The Morgan fingerprint density at radius 3 is 2.53 bits per heavy atom. The Kier molecular flexibility index (Phi) is 4.12. The maximum absolute atomic E-state index is 11.5. The van der Waals surface area contributed by atoms with Crippen LogP contribution in [0.2, 0.25) is 0 Å². The maximum Gasteiger partial charge on any atom is 0.514 e. The van der Waals surface area contributed by atoms with Crippen LogP contribution in [0.5, 0.6) is 5.75 Å². The highest BCUT2D eigenvalue weighted by molar-refractivity contribution is 5.65. The number of rotatable bonds is 2. The molecule has 0 aliphatic heterocycles. The summed E-state index contributed by atoms with van der Waals surface area (Å²) in [5.74, 6) is 0.335. The standard InChI is InChI=1S/C13H18O4/c1-9-5-6-10(8-14)11(7-9)16-12(15)17-13(2,3)4/h5-7,14H,8H2,1-4H3. The van der Waals surface area contributed by atoms with Gasteiger partial charge in [-0.05, 0) is 39.3 Å². The molecule has 1 N–H and O–H groups in total. The molecule has 0 aliphatic carbocycles. The fraction of sp³-hybridized carbons (Fsp3) is 0.462. The van der Waals surface area contributed by atoms with E-state index in [2.05, 4.69) is 0 Å². The van der Waals surface area contributed by atoms with Gasteiger partial charge in [0, 0.05) is 5.56 Å². The van der Waals surface area contributed by atoms with Crippen LogP contribution < -0.4 is 4.74 Å². The molecule has 0 aromatic heterocycles. The highest BCUT2D eigenvalue weighted by Gasteiger charge is 2.19. The molecular weight excluding hydrogens is 220 g/mol. The molecule has 0 saturated heterocycles. The summed E-state index contributed by atoms with van der Waals surface area (Å²) in [4.78, 5) is 11.5. The summed E-state index contributed by atoms with van der Waals surface area (Å²) in [5, 5.41) is 9.12. The summed E-state index contributed by atoms with van der Waals surface area (Å²) in [6, 6.07) is 5.25. The predicted octanol–water partition coefficient (Wildman–Crippen LogP) is 2.80. The SMILES string of the molecule is Cc1ccc(CO)c(OC(=O)OC(C)(C)C)c1. The Labute approximate surface area is 101 Å². The molecule has 94 valence electrons. The van der Waals surface area contributed by atoms with Crippen molar-refractivity contribution in [3.63, 3.8) is 0 Å². The van der Waals surface area contributed by atoms with Crippen molar-refractivity contribution in [1.29, 1.82) is 0 Å². The van der Waals surface area contributed by atoms with Crippen LogP contribution >= 0.6 is 0 Å². The average molecular weight is 238 g/mol. The lowest BCUT2D eigenvalue weighted by Gasteiger charge is -2.19. The highest BCUT2D eigenvalue weighted by atomic mass is 16.7. The first kappa shape index (κ1) is 13.5. The van der Waals surface area contributed by atoms with Crippen LogP contribution in [0.3, 0.4) is 0 Å². The van der Waals surface area contributed by atoms with Gasteiger partial charge in [0.25, 0.3) is 0 Å². The van der Waals surface area contributed by atoms with Crippen LogP contribution in [-0.4, -0.2) is 16.9 Å². The van der Waals surface area contributed by atoms with E-state index < -0.39 is 11.8 Å². The minimum Gasteiger partial charge on any atom is -0.428 e. The van der Waals surface area contributed by atoms with Gasteiger partial charge in [-0.3, -0.25) is 0 Å². The molecule has 1 aromatic rings. The second kappa shape index (κ2) is 5.19. The lowest BCUT2D eigenvalue weighted by Crippen LogP contribution is -2.26. The Morgan fingerprint density at radius 2 is 2.00 bits per heavy atom. The molecule has 1 aromatic carbocycles. The van der Waals surface area contributed by atoms with Crippen LogP contribution in [-0.2, 0) is 11.3 Å². The van der Waals surface area contributed by atoms with Crippen molar-refractivity contribution in [2.75, 3.05) is 0 Å². The van der Waals surface area contributed by atoms with Crippen molar-refractivity contribution in [3.05, 3.63) is 29.3 Å². The number of benzene rings is 1. The lowest BCUT2D eigenvalue weighted by molar-refractivity contribution is 0.0202. The van der Waals surface area contributed by atoms with E-state index in [0.29, 0.717) is 11.3 Å². The van der Waals surface area contributed by atoms with Crippen molar-refractivity contribution in [1.82, 2.24) is 0 Å². The van der Waals surface area contributed by atoms with Crippen LogP contribution in [0.4, 0.5) is 4.79 Å².